The lowest BCUT2D eigenvalue weighted by atomic mass is 10.1. The summed E-state index contributed by atoms with van der Waals surface area (Å²) in [6.45, 7) is 10.5. The number of hydrogen-bond donors (Lipinski definition) is 1. The lowest BCUT2D eigenvalue weighted by Crippen LogP contribution is -2.30. The van der Waals surface area contributed by atoms with Gasteiger partial charge in [-0.25, -0.2) is 0 Å². The molecule has 1 aromatic heterocycles. The highest BCUT2D eigenvalue weighted by Crippen LogP contribution is 2.18. The van der Waals surface area contributed by atoms with Crippen molar-refractivity contribution in [1.29, 1.82) is 0 Å². The molecular formula is C14H24N2S. The van der Waals surface area contributed by atoms with Crippen LogP contribution in [0.3, 0.4) is 0 Å². The molecule has 1 atom stereocenters. The molecular weight excluding hydrogens is 228 g/mol. The third kappa shape index (κ3) is 3.80. The summed E-state index contributed by atoms with van der Waals surface area (Å²) in [4.78, 5) is 4.08. The second-order valence-electron chi connectivity index (χ2n) is 5.07. The zero-order valence-electron chi connectivity index (χ0n) is 11.0. The van der Waals surface area contributed by atoms with Gasteiger partial charge < -0.3 is 10.2 Å². The highest BCUT2D eigenvalue weighted by Gasteiger charge is 2.19. The second kappa shape index (κ2) is 6.53. The summed E-state index contributed by atoms with van der Waals surface area (Å²) in [5.74, 6) is 0.953. The first kappa shape index (κ1) is 13.1. The van der Waals surface area contributed by atoms with E-state index in [0.29, 0.717) is 0 Å². The fourth-order valence-electron chi connectivity index (χ4n) is 2.47. The molecule has 1 aromatic rings. The van der Waals surface area contributed by atoms with Gasteiger partial charge in [0.05, 0.1) is 0 Å². The molecule has 0 bridgehead atoms. The van der Waals surface area contributed by atoms with Gasteiger partial charge in [-0.05, 0) is 42.8 Å². The summed E-state index contributed by atoms with van der Waals surface area (Å²) in [5.41, 5.74) is 1.43. The minimum atomic E-state index is 0.953. The van der Waals surface area contributed by atoms with Gasteiger partial charge in [-0.15, -0.1) is 11.3 Å². The topological polar surface area (TPSA) is 15.3 Å². The molecule has 3 heteroatoms. The van der Waals surface area contributed by atoms with Crippen molar-refractivity contribution in [3.8, 4) is 0 Å². The molecule has 0 amide bonds. The molecule has 2 heterocycles. The van der Waals surface area contributed by atoms with Gasteiger partial charge in [-0.1, -0.05) is 13.3 Å². The Labute approximate surface area is 109 Å². The third-order valence-corrected chi connectivity index (χ3v) is 4.83. The summed E-state index contributed by atoms with van der Waals surface area (Å²) >= 11 is 1.86. The van der Waals surface area contributed by atoms with Crippen molar-refractivity contribution in [3.63, 3.8) is 0 Å². The number of rotatable bonds is 6. The maximum Gasteiger partial charge on any atom is 0.0302 e. The highest BCUT2D eigenvalue weighted by atomic mass is 32.1. The molecule has 0 aromatic carbocycles. The Kier molecular flexibility index (Phi) is 5.01. The quantitative estimate of drug-likeness (QED) is 0.783. The van der Waals surface area contributed by atoms with Crippen molar-refractivity contribution in [3.05, 3.63) is 21.9 Å². The average Bonchev–Trinajstić information content (AvgIpc) is 2.94. The predicted molar refractivity (Wildman–Crippen MR) is 75.6 cm³/mol. The largest absolute Gasteiger partial charge is 0.311 e. The van der Waals surface area contributed by atoms with Gasteiger partial charge in [0.1, 0.15) is 0 Å². The summed E-state index contributed by atoms with van der Waals surface area (Å²) in [5, 5.41) is 5.74. The van der Waals surface area contributed by atoms with E-state index in [1.807, 2.05) is 11.3 Å². The van der Waals surface area contributed by atoms with E-state index in [0.717, 1.165) is 19.0 Å². The van der Waals surface area contributed by atoms with Crippen LogP contribution in [0, 0.1) is 12.8 Å². The van der Waals surface area contributed by atoms with Crippen LogP contribution in [0.25, 0.3) is 0 Å². The summed E-state index contributed by atoms with van der Waals surface area (Å²) < 4.78 is 0. The SMILES string of the molecule is CCC1CCN(CCNCc2sccc2C)C1. The van der Waals surface area contributed by atoms with Crippen molar-refractivity contribution < 1.29 is 0 Å². The normalized spacial score (nSPS) is 21.2. The van der Waals surface area contributed by atoms with E-state index in [1.54, 1.807) is 0 Å². The van der Waals surface area contributed by atoms with Gasteiger partial charge >= 0.3 is 0 Å². The smallest absolute Gasteiger partial charge is 0.0302 e. The predicted octanol–water partition coefficient (Wildman–Crippen LogP) is 2.88. The number of hydrogen-bond acceptors (Lipinski definition) is 3. The van der Waals surface area contributed by atoms with Crippen molar-refractivity contribution in [2.24, 2.45) is 5.92 Å². The Morgan fingerprint density at radius 1 is 1.53 bits per heavy atom. The van der Waals surface area contributed by atoms with E-state index >= 15 is 0 Å². The van der Waals surface area contributed by atoms with Crippen molar-refractivity contribution in [1.82, 2.24) is 10.2 Å². The number of nitrogens with one attached hydrogen (secondary N) is 1. The molecule has 2 nitrogen and oxygen atoms in total. The van der Waals surface area contributed by atoms with Crippen LogP contribution in [0.1, 0.15) is 30.2 Å². The molecule has 1 aliphatic heterocycles. The van der Waals surface area contributed by atoms with Crippen molar-refractivity contribution in [2.75, 3.05) is 26.2 Å². The average molecular weight is 252 g/mol. The van der Waals surface area contributed by atoms with E-state index in [2.05, 4.69) is 35.5 Å². The minimum Gasteiger partial charge on any atom is -0.311 e. The number of nitrogens with zero attached hydrogens (tertiary/aromatic N) is 1. The van der Waals surface area contributed by atoms with E-state index in [4.69, 9.17) is 0 Å². The molecule has 0 radical (unpaired) electrons. The minimum absolute atomic E-state index is 0.953. The number of aryl methyl sites for hydroxylation is 1. The van der Waals surface area contributed by atoms with Crippen molar-refractivity contribution >= 4 is 11.3 Å². The molecule has 2 rings (SSSR count). The van der Waals surface area contributed by atoms with Crippen LogP contribution < -0.4 is 5.32 Å². The molecule has 0 spiro atoms. The Balaban J connectivity index is 1.59. The Morgan fingerprint density at radius 2 is 2.41 bits per heavy atom. The molecule has 1 fully saturated rings. The lowest BCUT2D eigenvalue weighted by Gasteiger charge is -2.15. The van der Waals surface area contributed by atoms with Crippen LogP contribution in [-0.2, 0) is 6.54 Å². The van der Waals surface area contributed by atoms with Gasteiger partial charge in [0.15, 0.2) is 0 Å². The first-order valence-corrected chi connectivity index (χ1v) is 7.63. The van der Waals surface area contributed by atoms with Crippen LogP contribution in [0.5, 0.6) is 0 Å². The highest BCUT2D eigenvalue weighted by molar-refractivity contribution is 7.10. The summed E-state index contributed by atoms with van der Waals surface area (Å²) in [6, 6.07) is 2.20. The third-order valence-electron chi connectivity index (χ3n) is 3.81. The van der Waals surface area contributed by atoms with Crippen LogP contribution in [-0.4, -0.2) is 31.1 Å². The molecule has 1 aliphatic rings. The molecule has 1 unspecified atom stereocenters. The number of likely N-dealkylation sites (tertiary alicyclic amines) is 1. The van der Waals surface area contributed by atoms with Crippen molar-refractivity contribution in [2.45, 2.75) is 33.2 Å². The maximum absolute atomic E-state index is 3.56. The molecule has 1 saturated heterocycles. The number of thiophene rings is 1. The van der Waals surface area contributed by atoms with Gasteiger partial charge in [0.25, 0.3) is 0 Å². The zero-order valence-corrected chi connectivity index (χ0v) is 11.9. The maximum atomic E-state index is 3.56. The zero-order chi connectivity index (χ0) is 12.1. The van der Waals surface area contributed by atoms with E-state index in [9.17, 15) is 0 Å². The molecule has 96 valence electrons. The first-order valence-electron chi connectivity index (χ1n) is 6.75. The summed E-state index contributed by atoms with van der Waals surface area (Å²) in [7, 11) is 0. The second-order valence-corrected chi connectivity index (χ2v) is 6.07. The summed E-state index contributed by atoms with van der Waals surface area (Å²) in [6.07, 6.45) is 2.75. The van der Waals surface area contributed by atoms with E-state index in [1.165, 1.54) is 42.9 Å². The molecule has 0 aliphatic carbocycles. The molecule has 0 saturated carbocycles. The van der Waals surface area contributed by atoms with Gasteiger partial charge in [-0.2, -0.15) is 0 Å². The lowest BCUT2D eigenvalue weighted by molar-refractivity contribution is 0.320. The fraction of sp³-hybridized carbons (Fsp3) is 0.714. The molecule has 1 N–H and O–H groups in total. The van der Waals surface area contributed by atoms with Crippen LogP contribution in [0.4, 0.5) is 0 Å². The monoisotopic (exact) mass is 252 g/mol. The van der Waals surface area contributed by atoms with E-state index < -0.39 is 0 Å². The molecule has 17 heavy (non-hydrogen) atoms. The van der Waals surface area contributed by atoms with Gasteiger partial charge in [0.2, 0.25) is 0 Å². The Morgan fingerprint density at radius 3 is 3.06 bits per heavy atom. The first-order chi connectivity index (χ1) is 8.29. The van der Waals surface area contributed by atoms with E-state index in [-0.39, 0.29) is 0 Å². The van der Waals surface area contributed by atoms with Crippen LogP contribution >= 0.6 is 11.3 Å². The fourth-order valence-corrected chi connectivity index (χ4v) is 3.35. The van der Waals surface area contributed by atoms with Crippen LogP contribution in [0.15, 0.2) is 11.4 Å². The van der Waals surface area contributed by atoms with Gasteiger partial charge in [0, 0.05) is 31.1 Å². The standard InChI is InChI=1S/C14H24N2S/c1-3-13-4-7-16(11-13)8-6-15-10-14-12(2)5-9-17-14/h5,9,13,15H,3-4,6-8,10-11H2,1-2H3. The van der Waals surface area contributed by atoms with Crippen LogP contribution in [0.2, 0.25) is 0 Å². The Hall–Kier alpha value is -0.380. The van der Waals surface area contributed by atoms with Gasteiger partial charge in [-0.3, -0.25) is 0 Å². The Bertz CT molecular complexity index is 335.